The van der Waals surface area contributed by atoms with Crippen LogP contribution in [0.3, 0.4) is 0 Å². The molecule has 0 bridgehead atoms. The lowest BCUT2D eigenvalue weighted by atomic mass is 10.1. The van der Waals surface area contributed by atoms with Crippen molar-refractivity contribution in [1.29, 1.82) is 0 Å². The Hall–Kier alpha value is -2.99. The van der Waals surface area contributed by atoms with E-state index in [4.69, 9.17) is 9.84 Å². The first kappa shape index (κ1) is 16.9. The van der Waals surface area contributed by atoms with Gasteiger partial charge < -0.3 is 9.84 Å². The van der Waals surface area contributed by atoms with Crippen LogP contribution in [0.1, 0.15) is 23.0 Å². The third kappa shape index (κ3) is 3.59. The van der Waals surface area contributed by atoms with Crippen LogP contribution in [0.15, 0.2) is 48.7 Å². The van der Waals surface area contributed by atoms with Gasteiger partial charge in [-0.3, -0.25) is 4.79 Å². The fraction of sp³-hybridized carbons (Fsp3) is 0.211. The van der Waals surface area contributed by atoms with E-state index in [0.29, 0.717) is 18.0 Å². The molecule has 3 rings (SSSR count). The van der Waals surface area contributed by atoms with Crippen molar-refractivity contribution in [3.63, 3.8) is 0 Å². The van der Waals surface area contributed by atoms with Gasteiger partial charge in [0.1, 0.15) is 5.69 Å². The molecule has 0 aliphatic heterocycles. The van der Waals surface area contributed by atoms with E-state index in [0.717, 1.165) is 22.5 Å². The first-order valence-electron chi connectivity index (χ1n) is 7.94. The molecule has 0 fully saturated rings. The number of hydrogen-bond donors (Lipinski definition) is 1. The maximum Gasteiger partial charge on any atom is 0.213 e. The molecule has 3 aromatic rings. The fourth-order valence-electron chi connectivity index (χ4n) is 2.55. The van der Waals surface area contributed by atoms with Gasteiger partial charge in [-0.1, -0.05) is 24.3 Å². The van der Waals surface area contributed by atoms with Gasteiger partial charge in [-0.25, -0.2) is 9.67 Å². The number of rotatable bonds is 6. The number of ketones is 1. The number of methoxy groups -OCH3 is 1. The van der Waals surface area contributed by atoms with E-state index < -0.39 is 0 Å². The Morgan fingerprint density at radius 2 is 1.96 bits per heavy atom. The highest BCUT2D eigenvalue weighted by atomic mass is 16.5. The van der Waals surface area contributed by atoms with Gasteiger partial charge in [0.05, 0.1) is 24.7 Å². The average molecular weight is 337 g/mol. The van der Waals surface area contributed by atoms with Crippen molar-refractivity contribution in [1.82, 2.24) is 14.8 Å². The van der Waals surface area contributed by atoms with Crippen molar-refractivity contribution in [3.8, 4) is 22.8 Å². The second-order valence-corrected chi connectivity index (χ2v) is 5.61. The molecule has 0 aliphatic carbocycles. The molecule has 0 unspecified atom stereocenters. The van der Waals surface area contributed by atoms with E-state index in [-0.39, 0.29) is 12.4 Å². The number of aromatic nitrogens is 3. The predicted octanol–water partition coefficient (Wildman–Crippen LogP) is 2.68. The highest BCUT2D eigenvalue weighted by Crippen LogP contribution is 2.25. The van der Waals surface area contributed by atoms with Gasteiger partial charge in [-0.05, 0) is 24.1 Å². The van der Waals surface area contributed by atoms with E-state index >= 15 is 0 Å². The Labute approximate surface area is 145 Å². The lowest BCUT2D eigenvalue weighted by molar-refractivity contribution is 0.101. The van der Waals surface area contributed by atoms with Crippen molar-refractivity contribution in [2.45, 2.75) is 13.3 Å². The van der Waals surface area contributed by atoms with Crippen molar-refractivity contribution in [2.24, 2.45) is 0 Å². The molecule has 0 amide bonds. The number of nitrogens with zero attached hydrogens (tertiary/aromatic N) is 3. The molecule has 6 nitrogen and oxygen atoms in total. The summed E-state index contributed by atoms with van der Waals surface area (Å²) in [5.41, 5.74) is 3.91. The van der Waals surface area contributed by atoms with Crippen LogP contribution in [0.5, 0.6) is 5.88 Å². The number of hydrogen-bond acceptors (Lipinski definition) is 5. The Morgan fingerprint density at radius 3 is 2.52 bits per heavy atom. The second kappa shape index (κ2) is 7.27. The van der Waals surface area contributed by atoms with Crippen LogP contribution in [0.25, 0.3) is 16.9 Å². The van der Waals surface area contributed by atoms with E-state index in [1.165, 1.54) is 6.92 Å². The third-order valence-electron chi connectivity index (χ3n) is 3.89. The molecule has 0 saturated heterocycles. The highest BCUT2D eigenvalue weighted by Gasteiger charge is 2.14. The first-order chi connectivity index (χ1) is 12.1. The fourth-order valence-corrected chi connectivity index (χ4v) is 2.55. The monoisotopic (exact) mass is 337 g/mol. The van der Waals surface area contributed by atoms with Gasteiger partial charge in [-0.2, -0.15) is 5.10 Å². The summed E-state index contributed by atoms with van der Waals surface area (Å²) in [7, 11) is 1.56. The lowest BCUT2D eigenvalue weighted by Gasteiger charge is -2.08. The van der Waals surface area contributed by atoms with Crippen LogP contribution in [0, 0.1) is 0 Å². The number of benzene rings is 1. The summed E-state index contributed by atoms with van der Waals surface area (Å²) < 4.78 is 6.78. The Balaban J connectivity index is 2.06. The number of carbonyl (C=O) groups is 1. The van der Waals surface area contributed by atoms with Gasteiger partial charge in [0, 0.05) is 25.2 Å². The second-order valence-electron chi connectivity index (χ2n) is 5.61. The van der Waals surface area contributed by atoms with Crippen LogP contribution in [-0.2, 0) is 6.42 Å². The topological polar surface area (TPSA) is 77.2 Å². The van der Waals surface area contributed by atoms with Gasteiger partial charge in [0.15, 0.2) is 5.78 Å². The molecule has 128 valence electrons. The highest BCUT2D eigenvalue weighted by molar-refractivity contribution is 5.93. The summed E-state index contributed by atoms with van der Waals surface area (Å²) in [4.78, 5) is 16.0. The van der Waals surface area contributed by atoms with E-state index in [1.807, 2.05) is 30.3 Å². The molecule has 0 saturated carbocycles. The zero-order valence-electron chi connectivity index (χ0n) is 14.1. The van der Waals surface area contributed by atoms with Crippen molar-refractivity contribution in [3.05, 3.63) is 59.9 Å². The first-order valence-corrected chi connectivity index (χ1v) is 7.94. The van der Waals surface area contributed by atoms with Crippen molar-refractivity contribution >= 4 is 5.78 Å². The van der Waals surface area contributed by atoms with Crippen LogP contribution in [-0.4, -0.2) is 39.4 Å². The van der Waals surface area contributed by atoms with Crippen LogP contribution in [0.4, 0.5) is 0 Å². The number of aliphatic hydroxyl groups excluding tert-OH is 1. The van der Waals surface area contributed by atoms with Crippen molar-refractivity contribution < 1.29 is 14.6 Å². The lowest BCUT2D eigenvalue weighted by Crippen LogP contribution is -2.02. The van der Waals surface area contributed by atoms with Crippen LogP contribution < -0.4 is 4.74 Å². The van der Waals surface area contributed by atoms with Gasteiger partial charge >= 0.3 is 0 Å². The normalized spacial score (nSPS) is 10.7. The van der Waals surface area contributed by atoms with Crippen LogP contribution >= 0.6 is 0 Å². The largest absolute Gasteiger partial charge is 0.481 e. The molecule has 1 aromatic carbocycles. The molecule has 0 radical (unpaired) electrons. The Kier molecular flexibility index (Phi) is 4.90. The van der Waals surface area contributed by atoms with Gasteiger partial charge in [0.25, 0.3) is 0 Å². The zero-order valence-corrected chi connectivity index (χ0v) is 14.1. The summed E-state index contributed by atoms with van der Waals surface area (Å²) in [5, 5.41) is 13.5. The van der Waals surface area contributed by atoms with Gasteiger partial charge in [0.2, 0.25) is 5.88 Å². The number of Topliss-reactive ketones (excluding diaryl/α,β-unsaturated/α-hetero) is 1. The van der Waals surface area contributed by atoms with Crippen LogP contribution in [0.2, 0.25) is 0 Å². The summed E-state index contributed by atoms with van der Waals surface area (Å²) in [6, 6.07) is 13.2. The minimum Gasteiger partial charge on any atom is -0.481 e. The zero-order chi connectivity index (χ0) is 17.8. The molecule has 1 N–H and O–H groups in total. The van der Waals surface area contributed by atoms with E-state index in [9.17, 15) is 4.79 Å². The number of ether oxygens (including phenoxy) is 1. The van der Waals surface area contributed by atoms with Crippen molar-refractivity contribution in [2.75, 3.05) is 13.7 Å². The average Bonchev–Trinajstić information content (AvgIpc) is 3.08. The molecule has 2 aromatic heterocycles. The minimum absolute atomic E-state index is 0.0987. The van der Waals surface area contributed by atoms with Gasteiger partial charge in [-0.15, -0.1) is 0 Å². The summed E-state index contributed by atoms with van der Waals surface area (Å²) in [6.07, 6.45) is 2.26. The minimum atomic E-state index is -0.0987. The van der Waals surface area contributed by atoms with E-state index in [1.54, 1.807) is 30.1 Å². The maximum atomic E-state index is 11.8. The predicted molar refractivity (Wildman–Crippen MR) is 94.1 cm³/mol. The molecule has 0 spiro atoms. The van der Waals surface area contributed by atoms with E-state index in [2.05, 4.69) is 10.1 Å². The number of pyridine rings is 1. The molecule has 6 heteroatoms. The third-order valence-corrected chi connectivity index (χ3v) is 3.89. The molecule has 0 atom stereocenters. The summed E-state index contributed by atoms with van der Waals surface area (Å²) in [6.45, 7) is 1.61. The molecule has 2 heterocycles. The smallest absolute Gasteiger partial charge is 0.213 e. The molecule has 25 heavy (non-hydrogen) atoms. The summed E-state index contributed by atoms with van der Waals surface area (Å²) >= 11 is 0. The molecular weight excluding hydrogens is 318 g/mol. The Morgan fingerprint density at radius 1 is 1.20 bits per heavy atom. The number of aliphatic hydroxyl groups is 1. The number of carbonyl (C=O) groups excluding carboxylic acids is 1. The quantitative estimate of drug-likeness (QED) is 0.700. The molecule has 0 aliphatic rings. The maximum absolute atomic E-state index is 11.8. The standard InChI is InChI=1S/C19H19N3O3/c1-13(24)17-11-18(15-5-3-14(4-6-15)9-10-23)22(21-17)16-7-8-19(25-2)20-12-16/h3-8,11-12,23H,9-10H2,1-2H3. The Bertz CT molecular complexity index is 868. The summed E-state index contributed by atoms with van der Waals surface area (Å²) in [5.74, 6) is 0.413. The molecular formula is C19H19N3O3. The SMILES string of the molecule is COc1ccc(-n2nc(C(C)=O)cc2-c2ccc(CCO)cc2)cn1.